The molecule has 2 heteroatoms. The van der Waals surface area contributed by atoms with E-state index in [1.807, 2.05) is 0 Å². The molecule has 1 aliphatic rings. The lowest BCUT2D eigenvalue weighted by molar-refractivity contribution is 0.669. The highest BCUT2D eigenvalue weighted by molar-refractivity contribution is 6.38. The molecule has 0 N–H and O–H groups in total. The van der Waals surface area contributed by atoms with Crippen LogP contribution in [0.25, 0.3) is 76.5 Å². The van der Waals surface area contributed by atoms with Crippen LogP contribution in [0.1, 0.15) is 0 Å². The van der Waals surface area contributed by atoms with Crippen molar-refractivity contribution in [3.8, 4) is 11.1 Å². The lowest BCUT2D eigenvalue weighted by Crippen LogP contribution is -1.83. The van der Waals surface area contributed by atoms with Gasteiger partial charge in [0.05, 0.1) is 0 Å². The summed E-state index contributed by atoms with van der Waals surface area (Å²) in [5.74, 6) is 0. The molecule has 0 spiro atoms. The zero-order valence-electron chi connectivity index (χ0n) is 14.7. The molecule has 7 aromatic rings. The average Bonchev–Trinajstić information content (AvgIpc) is 3.25. The van der Waals surface area contributed by atoms with Crippen LogP contribution in [0.2, 0.25) is 0 Å². The van der Waals surface area contributed by atoms with E-state index in [0.717, 1.165) is 22.3 Å². The first-order valence-electron chi connectivity index (χ1n) is 9.54. The fourth-order valence-corrected chi connectivity index (χ4v) is 5.30. The van der Waals surface area contributed by atoms with E-state index in [4.69, 9.17) is 8.83 Å². The van der Waals surface area contributed by atoms with Crippen molar-refractivity contribution in [3.05, 3.63) is 72.8 Å². The number of hydrogen-bond donors (Lipinski definition) is 0. The van der Waals surface area contributed by atoms with E-state index >= 15 is 0 Å². The van der Waals surface area contributed by atoms with Crippen LogP contribution in [0.15, 0.2) is 81.6 Å². The van der Waals surface area contributed by atoms with Gasteiger partial charge in [0.2, 0.25) is 0 Å². The minimum Gasteiger partial charge on any atom is -0.456 e. The van der Waals surface area contributed by atoms with Gasteiger partial charge in [-0.25, -0.2) is 0 Å². The van der Waals surface area contributed by atoms with Gasteiger partial charge in [-0.3, -0.25) is 0 Å². The summed E-state index contributed by atoms with van der Waals surface area (Å²) in [4.78, 5) is 0. The zero-order valence-corrected chi connectivity index (χ0v) is 14.7. The van der Waals surface area contributed by atoms with Gasteiger partial charge in [0.15, 0.2) is 0 Å². The van der Waals surface area contributed by atoms with Crippen LogP contribution in [0, 0.1) is 0 Å². The molecule has 5 aromatic carbocycles. The predicted molar refractivity (Wildman–Crippen MR) is 115 cm³/mol. The Morgan fingerprint density at radius 3 is 2.11 bits per heavy atom. The molecule has 0 amide bonds. The minimum absolute atomic E-state index is 0.939. The molecule has 28 heavy (non-hydrogen) atoms. The molecular weight excluding hydrogens is 344 g/mol. The molecule has 0 unspecified atom stereocenters. The molecule has 0 fully saturated rings. The molecule has 0 bridgehead atoms. The molecular formula is C26H12O2. The van der Waals surface area contributed by atoms with Crippen molar-refractivity contribution in [2.75, 3.05) is 0 Å². The second kappa shape index (κ2) is 4.20. The van der Waals surface area contributed by atoms with Crippen LogP contribution in [-0.2, 0) is 0 Å². The standard InChI is InChI=1S/C26H12O2/c1-2-5-15-14(4-1)12-20-26-22(15)16-6-3-7-17-23(16)24-18(27-17)10-8-13-9-11-19(28-20)25(26)21(13)24/h1-12H. The minimum atomic E-state index is 0.939. The number of furan rings is 2. The third kappa shape index (κ3) is 1.32. The second-order valence-electron chi connectivity index (χ2n) is 7.70. The molecule has 1 aliphatic carbocycles. The van der Waals surface area contributed by atoms with Crippen molar-refractivity contribution in [2.24, 2.45) is 0 Å². The van der Waals surface area contributed by atoms with Gasteiger partial charge >= 0.3 is 0 Å². The van der Waals surface area contributed by atoms with E-state index in [1.54, 1.807) is 0 Å². The Hall–Kier alpha value is -3.78. The maximum Gasteiger partial charge on any atom is 0.136 e. The topological polar surface area (TPSA) is 26.3 Å². The highest BCUT2D eigenvalue weighted by Crippen LogP contribution is 2.51. The monoisotopic (exact) mass is 356 g/mol. The lowest BCUT2D eigenvalue weighted by Gasteiger charge is -2.09. The van der Waals surface area contributed by atoms with Gasteiger partial charge in [-0.15, -0.1) is 0 Å². The quantitative estimate of drug-likeness (QED) is 0.277. The van der Waals surface area contributed by atoms with Crippen LogP contribution in [-0.4, -0.2) is 0 Å². The molecule has 0 radical (unpaired) electrons. The first-order chi connectivity index (χ1) is 13.9. The van der Waals surface area contributed by atoms with E-state index in [1.165, 1.54) is 54.2 Å². The summed E-state index contributed by atoms with van der Waals surface area (Å²) in [7, 11) is 0. The van der Waals surface area contributed by atoms with E-state index in [0.29, 0.717) is 0 Å². The zero-order chi connectivity index (χ0) is 18.0. The summed E-state index contributed by atoms with van der Waals surface area (Å²) >= 11 is 0. The Labute approximate surface area is 158 Å². The lowest BCUT2D eigenvalue weighted by atomic mass is 9.93. The van der Waals surface area contributed by atoms with E-state index in [2.05, 4.69) is 72.8 Å². The first-order valence-corrected chi connectivity index (χ1v) is 9.54. The van der Waals surface area contributed by atoms with Gasteiger partial charge in [0.25, 0.3) is 0 Å². The SMILES string of the molecule is c1ccc2c3c4c(cc2c1)oc1ccc2ccc5oc6cccc-3c6c5c2c14. The number of fused-ring (bicyclic) bond motifs is 3. The fraction of sp³-hybridized carbons (Fsp3) is 0. The van der Waals surface area contributed by atoms with Crippen LogP contribution in [0.3, 0.4) is 0 Å². The molecule has 0 saturated carbocycles. The normalized spacial score (nSPS) is 13.0. The number of benzene rings is 5. The van der Waals surface area contributed by atoms with Crippen molar-refractivity contribution >= 4 is 65.4 Å². The van der Waals surface area contributed by atoms with Gasteiger partial charge < -0.3 is 8.83 Å². The van der Waals surface area contributed by atoms with E-state index in [-0.39, 0.29) is 0 Å². The molecule has 0 aliphatic heterocycles. The Morgan fingerprint density at radius 1 is 0.464 bits per heavy atom. The summed E-state index contributed by atoms with van der Waals surface area (Å²) < 4.78 is 12.6. The molecule has 2 heterocycles. The largest absolute Gasteiger partial charge is 0.456 e. The molecule has 0 atom stereocenters. The Morgan fingerprint density at radius 2 is 1.21 bits per heavy atom. The molecule has 2 aromatic heterocycles. The van der Waals surface area contributed by atoms with Crippen molar-refractivity contribution in [3.63, 3.8) is 0 Å². The van der Waals surface area contributed by atoms with Crippen LogP contribution >= 0.6 is 0 Å². The van der Waals surface area contributed by atoms with Gasteiger partial charge in [0.1, 0.15) is 22.3 Å². The summed E-state index contributed by atoms with van der Waals surface area (Å²) in [5, 5.41) is 9.76. The van der Waals surface area contributed by atoms with Crippen molar-refractivity contribution in [1.29, 1.82) is 0 Å². The summed E-state index contributed by atoms with van der Waals surface area (Å²) in [6, 6.07) is 25.7. The Kier molecular flexibility index (Phi) is 2.01. The van der Waals surface area contributed by atoms with E-state index < -0.39 is 0 Å². The van der Waals surface area contributed by atoms with E-state index in [9.17, 15) is 0 Å². The summed E-state index contributed by atoms with van der Waals surface area (Å²) in [6.45, 7) is 0. The smallest absolute Gasteiger partial charge is 0.136 e. The fourth-order valence-electron chi connectivity index (χ4n) is 5.30. The number of hydrogen-bond acceptors (Lipinski definition) is 2. The maximum atomic E-state index is 6.37. The molecule has 128 valence electrons. The van der Waals surface area contributed by atoms with Gasteiger partial charge in [-0.2, -0.15) is 0 Å². The van der Waals surface area contributed by atoms with Crippen LogP contribution < -0.4 is 0 Å². The third-order valence-electron chi connectivity index (χ3n) is 6.36. The van der Waals surface area contributed by atoms with Crippen molar-refractivity contribution in [2.45, 2.75) is 0 Å². The van der Waals surface area contributed by atoms with Gasteiger partial charge in [-0.05, 0) is 46.0 Å². The number of rotatable bonds is 0. The second-order valence-corrected chi connectivity index (χ2v) is 7.70. The van der Waals surface area contributed by atoms with Crippen molar-refractivity contribution < 1.29 is 8.83 Å². The third-order valence-corrected chi connectivity index (χ3v) is 6.36. The molecule has 0 saturated heterocycles. The first kappa shape index (κ1) is 13.4. The van der Waals surface area contributed by atoms with Gasteiger partial charge in [-0.1, -0.05) is 48.5 Å². The Balaban J connectivity index is 1.91. The van der Waals surface area contributed by atoms with Crippen molar-refractivity contribution in [1.82, 2.24) is 0 Å². The summed E-state index contributed by atoms with van der Waals surface area (Å²) in [6.07, 6.45) is 0. The molecule has 8 rings (SSSR count). The highest BCUT2D eigenvalue weighted by atomic mass is 16.3. The Bertz CT molecular complexity index is 1810. The average molecular weight is 356 g/mol. The predicted octanol–water partition coefficient (Wildman–Crippen LogP) is 7.77. The summed E-state index contributed by atoms with van der Waals surface area (Å²) in [5.41, 5.74) is 6.25. The highest BCUT2D eigenvalue weighted by Gasteiger charge is 2.26. The van der Waals surface area contributed by atoms with Crippen LogP contribution in [0.5, 0.6) is 0 Å². The van der Waals surface area contributed by atoms with Crippen LogP contribution in [0.4, 0.5) is 0 Å². The maximum absolute atomic E-state index is 6.37. The van der Waals surface area contributed by atoms with Gasteiger partial charge in [0, 0.05) is 32.5 Å². The molecule has 2 nitrogen and oxygen atoms in total.